The van der Waals surface area contributed by atoms with E-state index in [1.807, 2.05) is 53.3 Å². The number of unbranched alkanes of at least 4 members (excludes halogenated alkanes) is 1. The normalized spacial score (nSPS) is 14.9. The number of hydrogen-bond donors (Lipinski definition) is 0. The summed E-state index contributed by atoms with van der Waals surface area (Å²) in [7, 11) is 0. The molecule has 5 nitrogen and oxygen atoms in total. The predicted molar refractivity (Wildman–Crippen MR) is 139 cm³/mol. The Balaban J connectivity index is 1.12. The Bertz CT molecular complexity index is 1290. The van der Waals surface area contributed by atoms with Gasteiger partial charge >= 0.3 is 0 Å². The molecule has 33 heavy (non-hydrogen) atoms. The molecular formula is C27H31N3O2S. The van der Waals surface area contributed by atoms with Gasteiger partial charge in [0.15, 0.2) is 0 Å². The fourth-order valence-corrected chi connectivity index (χ4v) is 5.58. The average molecular weight is 462 g/mol. The Morgan fingerprint density at radius 2 is 1.79 bits per heavy atom. The lowest BCUT2D eigenvalue weighted by Gasteiger charge is -2.36. The lowest BCUT2D eigenvalue weighted by molar-refractivity contribution is 0.251. The van der Waals surface area contributed by atoms with Crippen LogP contribution in [0, 0.1) is 0 Å². The standard InChI is InChI=1S/C27H31N3O2S/c1-2-32-22-9-8-21-10-14-30(27(31)24(21)20-22)13-4-3-12-28-15-17-29(18-16-28)25-6-5-7-26-23(25)11-19-33-26/h5-11,14,19-20H,2-4,12-13,15-18H2,1H3. The van der Waals surface area contributed by atoms with Gasteiger partial charge in [-0.1, -0.05) is 12.1 Å². The maximum absolute atomic E-state index is 12.9. The van der Waals surface area contributed by atoms with E-state index in [4.69, 9.17) is 4.74 Å². The van der Waals surface area contributed by atoms with Crippen LogP contribution in [-0.4, -0.2) is 48.8 Å². The third-order valence-corrected chi connectivity index (χ3v) is 7.45. The molecule has 0 amide bonds. The van der Waals surface area contributed by atoms with E-state index in [9.17, 15) is 4.79 Å². The van der Waals surface area contributed by atoms with Gasteiger partial charge in [0.1, 0.15) is 5.75 Å². The van der Waals surface area contributed by atoms with Crippen molar-refractivity contribution in [3.8, 4) is 5.75 Å². The second kappa shape index (κ2) is 9.98. The maximum atomic E-state index is 12.9. The number of benzene rings is 2. The Morgan fingerprint density at radius 3 is 2.64 bits per heavy atom. The Kier molecular flexibility index (Phi) is 6.65. The number of nitrogens with zero attached hydrogens (tertiary/aromatic N) is 3. The van der Waals surface area contributed by atoms with Gasteiger partial charge in [-0.25, -0.2) is 0 Å². The zero-order valence-corrected chi connectivity index (χ0v) is 20.0. The number of pyridine rings is 1. The molecule has 0 aliphatic carbocycles. The lowest BCUT2D eigenvalue weighted by Crippen LogP contribution is -2.46. The molecule has 4 aromatic rings. The van der Waals surface area contributed by atoms with Crippen molar-refractivity contribution < 1.29 is 4.74 Å². The number of anilines is 1. The summed E-state index contributed by atoms with van der Waals surface area (Å²) in [6.07, 6.45) is 4.03. The minimum absolute atomic E-state index is 0.0743. The molecule has 5 rings (SSSR count). The molecule has 0 N–H and O–H groups in total. The van der Waals surface area contributed by atoms with Crippen LogP contribution in [0.4, 0.5) is 5.69 Å². The highest BCUT2D eigenvalue weighted by Gasteiger charge is 2.18. The zero-order valence-electron chi connectivity index (χ0n) is 19.2. The first-order valence-electron chi connectivity index (χ1n) is 11.9. The second-order valence-corrected chi connectivity index (χ2v) is 9.59. The third-order valence-electron chi connectivity index (χ3n) is 6.57. The van der Waals surface area contributed by atoms with Crippen molar-refractivity contribution in [2.75, 3.05) is 44.2 Å². The molecule has 0 saturated carbocycles. The molecule has 172 valence electrons. The van der Waals surface area contributed by atoms with Crippen LogP contribution in [0.3, 0.4) is 0 Å². The summed E-state index contributed by atoms with van der Waals surface area (Å²) in [4.78, 5) is 18.0. The summed E-state index contributed by atoms with van der Waals surface area (Å²) < 4.78 is 8.78. The molecule has 1 aliphatic rings. The van der Waals surface area contributed by atoms with E-state index in [1.54, 1.807) is 0 Å². The van der Waals surface area contributed by atoms with Gasteiger partial charge < -0.3 is 14.2 Å². The smallest absolute Gasteiger partial charge is 0.258 e. The quantitative estimate of drug-likeness (QED) is 0.337. The van der Waals surface area contributed by atoms with Gasteiger partial charge in [0.2, 0.25) is 0 Å². The minimum atomic E-state index is 0.0743. The van der Waals surface area contributed by atoms with Crippen LogP contribution in [0.2, 0.25) is 0 Å². The van der Waals surface area contributed by atoms with E-state index in [0.717, 1.165) is 68.6 Å². The van der Waals surface area contributed by atoms with E-state index in [0.29, 0.717) is 6.61 Å². The summed E-state index contributed by atoms with van der Waals surface area (Å²) in [5.41, 5.74) is 1.45. The van der Waals surface area contributed by atoms with Crippen molar-refractivity contribution in [3.05, 3.63) is 70.5 Å². The van der Waals surface area contributed by atoms with Gasteiger partial charge in [-0.15, -0.1) is 11.3 Å². The number of aromatic nitrogens is 1. The monoisotopic (exact) mass is 461 g/mol. The maximum Gasteiger partial charge on any atom is 0.258 e. The predicted octanol–water partition coefficient (Wildman–Crippen LogP) is 5.22. The summed E-state index contributed by atoms with van der Waals surface area (Å²) in [5.74, 6) is 0.759. The molecule has 0 atom stereocenters. The molecule has 1 fully saturated rings. The van der Waals surface area contributed by atoms with Crippen LogP contribution < -0.4 is 15.2 Å². The second-order valence-electron chi connectivity index (χ2n) is 8.64. The van der Waals surface area contributed by atoms with Gasteiger partial charge in [0, 0.05) is 54.7 Å². The van der Waals surface area contributed by atoms with Crippen molar-refractivity contribution in [2.24, 2.45) is 0 Å². The molecule has 0 bridgehead atoms. The molecule has 0 unspecified atom stereocenters. The number of fused-ring (bicyclic) bond motifs is 2. The lowest BCUT2D eigenvalue weighted by atomic mass is 10.1. The van der Waals surface area contributed by atoms with Crippen LogP contribution in [-0.2, 0) is 6.54 Å². The molecule has 0 spiro atoms. The summed E-state index contributed by atoms with van der Waals surface area (Å²) >= 11 is 1.81. The molecule has 3 heterocycles. The third kappa shape index (κ3) is 4.77. The molecular weight excluding hydrogens is 430 g/mol. The van der Waals surface area contributed by atoms with Crippen molar-refractivity contribution >= 4 is 37.9 Å². The number of ether oxygens (including phenoxy) is 1. The summed E-state index contributed by atoms with van der Waals surface area (Å²) in [6, 6.07) is 16.7. The van der Waals surface area contributed by atoms with Crippen LogP contribution in [0.5, 0.6) is 5.75 Å². The highest BCUT2D eigenvalue weighted by Crippen LogP contribution is 2.31. The van der Waals surface area contributed by atoms with Crippen molar-refractivity contribution in [2.45, 2.75) is 26.3 Å². The minimum Gasteiger partial charge on any atom is -0.494 e. The Morgan fingerprint density at radius 1 is 0.939 bits per heavy atom. The molecule has 1 saturated heterocycles. The van der Waals surface area contributed by atoms with Crippen molar-refractivity contribution in [1.29, 1.82) is 0 Å². The number of rotatable bonds is 8. The SMILES string of the molecule is CCOc1ccc2ccn(CCCCN3CCN(c4cccc5sccc45)CC3)c(=O)c2c1. The highest BCUT2D eigenvalue weighted by atomic mass is 32.1. The first kappa shape index (κ1) is 22.0. The highest BCUT2D eigenvalue weighted by molar-refractivity contribution is 7.17. The fourth-order valence-electron chi connectivity index (χ4n) is 4.77. The van der Waals surface area contributed by atoms with Crippen LogP contribution in [0.25, 0.3) is 20.9 Å². The number of piperazine rings is 1. The van der Waals surface area contributed by atoms with E-state index in [2.05, 4.69) is 39.4 Å². The molecule has 0 radical (unpaired) electrons. The van der Waals surface area contributed by atoms with Gasteiger partial charge in [0.05, 0.1) is 12.0 Å². The summed E-state index contributed by atoms with van der Waals surface area (Å²) in [5, 5.41) is 5.27. The van der Waals surface area contributed by atoms with Crippen LogP contribution >= 0.6 is 11.3 Å². The molecule has 1 aliphatic heterocycles. The first-order chi connectivity index (χ1) is 16.2. The van der Waals surface area contributed by atoms with E-state index in [-0.39, 0.29) is 5.56 Å². The summed E-state index contributed by atoms with van der Waals surface area (Å²) in [6.45, 7) is 8.73. The van der Waals surface area contributed by atoms with Gasteiger partial charge in [-0.3, -0.25) is 9.69 Å². The van der Waals surface area contributed by atoms with E-state index >= 15 is 0 Å². The van der Waals surface area contributed by atoms with E-state index < -0.39 is 0 Å². The number of aryl methyl sites for hydroxylation is 1. The van der Waals surface area contributed by atoms with Crippen LogP contribution in [0.1, 0.15) is 19.8 Å². The van der Waals surface area contributed by atoms with E-state index in [1.165, 1.54) is 15.8 Å². The fraction of sp³-hybridized carbons (Fsp3) is 0.370. The average Bonchev–Trinajstić information content (AvgIpc) is 3.33. The zero-order chi connectivity index (χ0) is 22.6. The molecule has 2 aromatic carbocycles. The molecule has 6 heteroatoms. The molecule has 2 aromatic heterocycles. The largest absolute Gasteiger partial charge is 0.494 e. The Labute approximate surface area is 198 Å². The van der Waals surface area contributed by atoms with Crippen molar-refractivity contribution in [3.63, 3.8) is 0 Å². The van der Waals surface area contributed by atoms with Gasteiger partial charge in [0.25, 0.3) is 5.56 Å². The van der Waals surface area contributed by atoms with Gasteiger partial charge in [-0.05, 0) is 73.5 Å². The first-order valence-corrected chi connectivity index (χ1v) is 12.8. The van der Waals surface area contributed by atoms with Crippen LogP contribution in [0.15, 0.2) is 64.9 Å². The topological polar surface area (TPSA) is 37.7 Å². The number of hydrogen-bond acceptors (Lipinski definition) is 5. The number of thiophene rings is 1. The van der Waals surface area contributed by atoms with Gasteiger partial charge in [-0.2, -0.15) is 0 Å². The van der Waals surface area contributed by atoms with Crippen molar-refractivity contribution in [1.82, 2.24) is 9.47 Å². The Hall–Kier alpha value is -2.83.